The van der Waals surface area contributed by atoms with Gasteiger partial charge in [0.15, 0.2) is 0 Å². The molecule has 0 unspecified atom stereocenters. The Hall–Kier alpha value is -2.62. The molecule has 0 aliphatic carbocycles. The molecule has 0 bridgehead atoms. The third-order valence-electron chi connectivity index (χ3n) is 4.63. The van der Waals surface area contributed by atoms with Crippen molar-refractivity contribution in [2.75, 3.05) is 16.8 Å². The number of benzene rings is 2. The number of fused-ring (bicyclic) bond motifs is 1. The van der Waals surface area contributed by atoms with Crippen molar-refractivity contribution in [3.8, 4) is 0 Å². The number of anilines is 2. The fourth-order valence-corrected chi connectivity index (χ4v) is 2.93. The number of hydrogen-bond acceptors (Lipinski definition) is 2. The van der Waals surface area contributed by atoms with E-state index >= 15 is 0 Å². The molecule has 24 heavy (non-hydrogen) atoms. The molecule has 4 heteroatoms. The van der Waals surface area contributed by atoms with Crippen molar-refractivity contribution in [3.05, 3.63) is 59.2 Å². The Bertz CT molecular complexity index is 794. The summed E-state index contributed by atoms with van der Waals surface area (Å²) in [5.41, 5.74) is 4.57. The summed E-state index contributed by atoms with van der Waals surface area (Å²) in [6, 6.07) is 13.8. The predicted molar refractivity (Wildman–Crippen MR) is 96.6 cm³/mol. The van der Waals surface area contributed by atoms with Gasteiger partial charge in [-0.3, -0.25) is 9.59 Å². The molecule has 1 aliphatic rings. The lowest BCUT2D eigenvalue weighted by atomic mass is 10.0. The predicted octanol–water partition coefficient (Wildman–Crippen LogP) is 3.95. The molecule has 0 radical (unpaired) electrons. The average molecular weight is 322 g/mol. The first-order valence-corrected chi connectivity index (χ1v) is 8.17. The van der Waals surface area contributed by atoms with E-state index in [9.17, 15) is 9.59 Å². The van der Waals surface area contributed by atoms with Gasteiger partial charge in [0.2, 0.25) is 5.91 Å². The smallest absolute Gasteiger partial charge is 0.259 e. The van der Waals surface area contributed by atoms with Crippen LogP contribution >= 0.6 is 0 Å². The highest BCUT2D eigenvalue weighted by atomic mass is 16.2. The minimum absolute atomic E-state index is 0.0129. The Kier molecular flexibility index (Phi) is 4.14. The minimum Gasteiger partial charge on any atom is -0.316 e. The molecule has 3 rings (SSSR count). The Balaban J connectivity index is 1.89. The summed E-state index contributed by atoms with van der Waals surface area (Å²) in [5.74, 6) is 0.401. The molecule has 0 spiro atoms. The fourth-order valence-electron chi connectivity index (χ4n) is 2.93. The van der Waals surface area contributed by atoms with Crippen molar-refractivity contribution < 1.29 is 9.59 Å². The number of amides is 2. The van der Waals surface area contributed by atoms with Gasteiger partial charge in [-0.05, 0) is 41.3 Å². The zero-order chi connectivity index (χ0) is 17.4. The van der Waals surface area contributed by atoms with Gasteiger partial charge in [0.1, 0.15) is 0 Å². The second kappa shape index (κ2) is 6.11. The molecule has 2 amide bonds. The molecule has 124 valence electrons. The Labute approximate surface area is 142 Å². The van der Waals surface area contributed by atoms with Crippen molar-refractivity contribution in [2.45, 2.75) is 33.2 Å². The van der Waals surface area contributed by atoms with Gasteiger partial charge in [-0.25, -0.2) is 0 Å². The van der Waals surface area contributed by atoms with Crippen LogP contribution in [-0.4, -0.2) is 18.9 Å². The van der Waals surface area contributed by atoms with Gasteiger partial charge in [0.25, 0.3) is 5.91 Å². The van der Waals surface area contributed by atoms with Crippen LogP contribution in [0.5, 0.6) is 0 Å². The molecule has 1 heterocycles. The van der Waals surface area contributed by atoms with Crippen molar-refractivity contribution in [1.82, 2.24) is 0 Å². The van der Waals surface area contributed by atoms with E-state index in [1.165, 1.54) is 12.5 Å². The zero-order valence-electron chi connectivity index (χ0n) is 14.5. The first kappa shape index (κ1) is 16.2. The van der Waals surface area contributed by atoms with Gasteiger partial charge >= 0.3 is 0 Å². The second-order valence-corrected chi connectivity index (χ2v) is 6.56. The molecule has 1 aliphatic heterocycles. The molecular weight excluding hydrogens is 300 g/mol. The van der Waals surface area contributed by atoms with Crippen LogP contribution in [0.3, 0.4) is 0 Å². The van der Waals surface area contributed by atoms with Crippen LogP contribution in [0.1, 0.15) is 48.2 Å². The SMILES string of the molecule is CC(=O)N(C)c1ccc2c(c1)C(=O)N(c1ccc(C(C)C)cc1)C2. The van der Waals surface area contributed by atoms with E-state index in [1.807, 2.05) is 30.3 Å². The maximum atomic E-state index is 12.8. The van der Waals surface area contributed by atoms with Crippen molar-refractivity contribution in [2.24, 2.45) is 0 Å². The Morgan fingerprint density at radius 1 is 1.12 bits per heavy atom. The van der Waals surface area contributed by atoms with E-state index in [4.69, 9.17) is 0 Å². The minimum atomic E-state index is -0.0541. The highest BCUT2D eigenvalue weighted by Gasteiger charge is 2.29. The van der Waals surface area contributed by atoms with E-state index in [0.29, 0.717) is 18.0 Å². The van der Waals surface area contributed by atoms with E-state index in [0.717, 1.165) is 16.9 Å². The third-order valence-corrected chi connectivity index (χ3v) is 4.63. The van der Waals surface area contributed by atoms with Crippen LogP contribution in [0.15, 0.2) is 42.5 Å². The largest absolute Gasteiger partial charge is 0.316 e. The third kappa shape index (κ3) is 2.80. The van der Waals surface area contributed by atoms with Gasteiger partial charge in [-0.1, -0.05) is 32.0 Å². The highest BCUT2D eigenvalue weighted by molar-refractivity contribution is 6.11. The summed E-state index contributed by atoms with van der Waals surface area (Å²) in [4.78, 5) is 27.6. The van der Waals surface area contributed by atoms with Gasteiger partial charge < -0.3 is 9.80 Å². The molecule has 0 saturated carbocycles. The molecule has 2 aromatic rings. The summed E-state index contributed by atoms with van der Waals surface area (Å²) in [5, 5.41) is 0. The van der Waals surface area contributed by atoms with E-state index in [2.05, 4.69) is 26.0 Å². The molecule has 0 fully saturated rings. The summed E-state index contributed by atoms with van der Waals surface area (Å²) < 4.78 is 0. The summed E-state index contributed by atoms with van der Waals surface area (Å²) in [6.07, 6.45) is 0. The Morgan fingerprint density at radius 2 is 1.79 bits per heavy atom. The molecular formula is C20H22N2O2. The maximum Gasteiger partial charge on any atom is 0.259 e. The average Bonchev–Trinajstić information content (AvgIpc) is 2.90. The van der Waals surface area contributed by atoms with E-state index in [-0.39, 0.29) is 11.8 Å². The van der Waals surface area contributed by atoms with Crippen LogP contribution in [-0.2, 0) is 11.3 Å². The van der Waals surface area contributed by atoms with E-state index in [1.54, 1.807) is 16.8 Å². The van der Waals surface area contributed by atoms with Crippen LogP contribution in [0.4, 0.5) is 11.4 Å². The van der Waals surface area contributed by atoms with Gasteiger partial charge in [0, 0.05) is 30.9 Å². The molecule has 2 aromatic carbocycles. The standard InChI is InChI=1S/C20H22N2O2/c1-13(2)15-5-8-17(9-6-15)22-12-16-7-10-18(21(4)14(3)23)11-19(16)20(22)24/h5-11,13H,12H2,1-4H3. The fraction of sp³-hybridized carbons (Fsp3) is 0.300. The number of carbonyl (C=O) groups is 2. The van der Waals surface area contributed by atoms with Gasteiger partial charge in [0.05, 0.1) is 6.54 Å². The second-order valence-electron chi connectivity index (χ2n) is 6.56. The van der Waals surface area contributed by atoms with Crippen LogP contribution in [0.25, 0.3) is 0 Å². The lowest BCUT2D eigenvalue weighted by Gasteiger charge is -2.17. The molecule has 0 aromatic heterocycles. The molecule has 0 saturated heterocycles. The lowest BCUT2D eigenvalue weighted by molar-refractivity contribution is -0.116. The Morgan fingerprint density at radius 3 is 2.38 bits per heavy atom. The van der Waals surface area contributed by atoms with Crippen LogP contribution in [0.2, 0.25) is 0 Å². The van der Waals surface area contributed by atoms with Crippen molar-refractivity contribution in [3.63, 3.8) is 0 Å². The highest BCUT2D eigenvalue weighted by Crippen LogP contribution is 2.31. The molecule has 4 nitrogen and oxygen atoms in total. The number of rotatable bonds is 3. The quantitative estimate of drug-likeness (QED) is 0.858. The summed E-state index contributed by atoms with van der Waals surface area (Å²) in [6.45, 7) is 6.38. The lowest BCUT2D eigenvalue weighted by Crippen LogP contribution is -2.24. The monoisotopic (exact) mass is 322 g/mol. The maximum absolute atomic E-state index is 12.8. The van der Waals surface area contributed by atoms with Gasteiger partial charge in [-0.15, -0.1) is 0 Å². The van der Waals surface area contributed by atoms with E-state index < -0.39 is 0 Å². The zero-order valence-corrected chi connectivity index (χ0v) is 14.5. The topological polar surface area (TPSA) is 40.6 Å². The van der Waals surface area contributed by atoms with Crippen molar-refractivity contribution >= 4 is 23.2 Å². The number of carbonyl (C=O) groups excluding carboxylic acids is 2. The number of nitrogens with zero attached hydrogens (tertiary/aromatic N) is 2. The summed E-state index contributed by atoms with van der Waals surface area (Å²) >= 11 is 0. The first-order chi connectivity index (χ1) is 11.4. The van der Waals surface area contributed by atoms with Crippen LogP contribution in [0, 0.1) is 0 Å². The first-order valence-electron chi connectivity index (χ1n) is 8.17. The van der Waals surface area contributed by atoms with Crippen LogP contribution < -0.4 is 9.80 Å². The molecule has 0 N–H and O–H groups in total. The van der Waals surface area contributed by atoms with Gasteiger partial charge in [-0.2, -0.15) is 0 Å². The number of hydrogen-bond donors (Lipinski definition) is 0. The molecule has 0 atom stereocenters. The summed E-state index contributed by atoms with van der Waals surface area (Å²) in [7, 11) is 1.71. The normalized spacial score (nSPS) is 13.4. The van der Waals surface area contributed by atoms with Crippen molar-refractivity contribution in [1.29, 1.82) is 0 Å².